The van der Waals surface area contributed by atoms with Crippen LogP contribution in [0.2, 0.25) is 0 Å². The highest BCUT2D eigenvalue weighted by atomic mass is 31.2. The summed E-state index contributed by atoms with van der Waals surface area (Å²) in [6.45, 7) is 7.52. The molecule has 1 N–H and O–H groups in total. The average molecular weight is 370 g/mol. The number of rotatable bonds is 4. The van der Waals surface area contributed by atoms with Crippen molar-refractivity contribution in [2.75, 3.05) is 0 Å². The van der Waals surface area contributed by atoms with Crippen LogP contribution in [0.5, 0.6) is 5.75 Å². The number of hydrogen-bond acceptors (Lipinski definition) is 2. The van der Waals surface area contributed by atoms with Gasteiger partial charge in [0.05, 0.1) is 5.56 Å². The minimum absolute atomic E-state index is 0.120. The number of phenols is 1. The van der Waals surface area contributed by atoms with E-state index in [4.69, 9.17) is 0 Å². The maximum atomic E-state index is 13.7. The van der Waals surface area contributed by atoms with Crippen molar-refractivity contribution in [1.29, 1.82) is 0 Å². The minimum atomic E-state index is -4.53. The molecule has 2 aromatic rings. The molecule has 136 valence electrons. The second kappa shape index (κ2) is 6.87. The van der Waals surface area contributed by atoms with Crippen molar-refractivity contribution >= 4 is 12.4 Å². The van der Waals surface area contributed by atoms with E-state index in [2.05, 4.69) is 0 Å². The van der Waals surface area contributed by atoms with Crippen molar-refractivity contribution in [3.63, 3.8) is 0 Å². The SMILES string of the molecule is CC(C)P(=O)(c1ccccc1-c1ccc(C(F)(F)F)cc1O)C(C)C. The standard InChI is InChI=1S/C19H22F3O2P/c1-12(2)25(24,13(3)4)18-8-6-5-7-16(18)15-10-9-14(11-17(15)23)19(20,21)22/h5-13,23H,1-4H3. The Bertz CT molecular complexity index is 799. The lowest BCUT2D eigenvalue weighted by Crippen LogP contribution is -2.21. The molecule has 0 spiro atoms. The van der Waals surface area contributed by atoms with Crippen LogP contribution in [-0.2, 0) is 10.7 Å². The van der Waals surface area contributed by atoms with Crippen molar-refractivity contribution in [1.82, 2.24) is 0 Å². The van der Waals surface area contributed by atoms with E-state index >= 15 is 0 Å². The third-order valence-electron chi connectivity index (χ3n) is 4.43. The summed E-state index contributed by atoms with van der Waals surface area (Å²) in [6.07, 6.45) is -4.53. The first-order chi connectivity index (χ1) is 11.5. The van der Waals surface area contributed by atoms with E-state index in [1.54, 1.807) is 24.3 Å². The first kappa shape index (κ1) is 19.6. The number of hydrogen-bond donors (Lipinski definition) is 1. The van der Waals surface area contributed by atoms with Gasteiger partial charge in [-0.2, -0.15) is 13.2 Å². The molecule has 0 aliphatic heterocycles. The lowest BCUT2D eigenvalue weighted by atomic mass is 10.0. The Hall–Kier alpha value is -1.74. The summed E-state index contributed by atoms with van der Waals surface area (Å²) in [5.74, 6) is -0.471. The van der Waals surface area contributed by atoms with E-state index in [-0.39, 0.29) is 16.9 Å². The molecule has 0 saturated heterocycles. The zero-order valence-corrected chi connectivity index (χ0v) is 15.5. The highest BCUT2D eigenvalue weighted by Crippen LogP contribution is 2.55. The predicted octanol–water partition coefficient (Wildman–Crippen LogP) is 5.88. The van der Waals surface area contributed by atoms with Gasteiger partial charge >= 0.3 is 6.18 Å². The molecule has 0 aromatic heterocycles. The fourth-order valence-corrected chi connectivity index (χ4v) is 6.29. The molecule has 0 unspecified atom stereocenters. The maximum Gasteiger partial charge on any atom is 0.416 e. The van der Waals surface area contributed by atoms with Gasteiger partial charge in [0.25, 0.3) is 0 Å². The molecular weight excluding hydrogens is 348 g/mol. The molecule has 0 fully saturated rings. The van der Waals surface area contributed by atoms with Gasteiger partial charge in [-0.1, -0.05) is 58.0 Å². The van der Waals surface area contributed by atoms with Gasteiger partial charge in [0.2, 0.25) is 0 Å². The molecular formula is C19H22F3O2P. The van der Waals surface area contributed by atoms with E-state index in [1.165, 1.54) is 6.07 Å². The van der Waals surface area contributed by atoms with Gasteiger partial charge in [0.1, 0.15) is 12.9 Å². The fraction of sp³-hybridized carbons (Fsp3) is 0.368. The van der Waals surface area contributed by atoms with Gasteiger partial charge in [-0.3, -0.25) is 0 Å². The highest BCUT2D eigenvalue weighted by Gasteiger charge is 2.35. The number of phenolic OH excluding ortho intramolecular Hbond substituents is 1. The highest BCUT2D eigenvalue weighted by molar-refractivity contribution is 7.73. The van der Waals surface area contributed by atoms with E-state index in [1.807, 2.05) is 27.7 Å². The fourth-order valence-electron chi connectivity index (χ4n) is 3.09. The van der Waals surface area contributed by atoms with Gasteiger partial charge in [0.15, 0.2) is 0 Å². The van der Waals surface area contributed by atoms with Gasteiger partial charge in [-0.25, -0.2) is 0 Å². The Kier molecular flexibility index (Phi) is 5.38. The summed E-state index contributed by atoms with van der Waals surface area (Å²) in [5, 5.41) is 10.8. The Morgan fingerprint density at radius 1 is 0.920 bits per heavy atom. The number of benzene rings is 2. The maximum absolute atomic E-state index is 13.7. The van der Waals surface area contributed by atoms with Gasteiger partial charge in [-0.15, -0.1) is 0 Å². The summed E-state index contributed by atoms with van der Waals surface area (Å²) in [6, 6.07) is 9.80. The number of alkyl halides is 3. The second-order valence-corrected chi connectivity index (χ2v) is 10.6. The number of halogens is 3. The van der Waals surface area contributed by atoms with E-state index in [0.717, 1.165) is 6.07 Å². The van der Waals surface area contributed by atoms with Crippen molar-refractivity contribution in [3.05, 3.63) is 48.0 Å². The van der Waals surface area contributed by atoms with Crippen LogP contribution in [0.3, 0.4) is 0 Å². The van der Waals surface area contributed by atoms with E-state index in [9.17, 15) is 22.8 Å². The van der Waals surface area contributed by atoms with Crippen LogP contribution in [0.4, 0.5) is 13.2 Å². The smallest absolute Gasteiger partial charge is 0.416 e. The summed E-state index contributed by atoms with van der Waals surface area (Å²) >= 11 is 0. The Labute approximate surface area is 146 Å². The molecule has 0 heterocycles. The molecule has 0 bridgehead atoms. The monoisotopic (exact) mass is 370 g/mol. The molecule has 0 amide bonds. The van der Waals surface area contributed by atoms with Crippen LogP contribution >= 0.6 is 7.14 Å². The summed E-state index contributed by atoms with van der Waals surface area (Å²) in [5.41, 5.74) is -0.387. The molecule has 2 rings (SSSR count). The zero-order chi connectivity index (χ0) is 19.0. The van der Waals surface area contributed by atoms with Crippen LogP contribution in [0.25, 0.3) is 11.1 Å². The van der Waals surface area contributed by atoms with Crippen molar-refractivity contribution < 1.29 is 22.8 Å². The van der Waals surface area contributed by atoms with Crippen LogP contribution in [-0.4, -0.2) is 16.4 Å². The largest absolute Gasteiger partial charge is 0.507 e. The summed E-state index contributed by atoms with van der Waals surface area (Å²) < 4.78 is 52.2. The van der Waals surface area contributed by atoms with Crippen LogP contribution in [0, 0.1) is 0 Å². The van der Waals surface area contributed by atoms with Crippen LogP contribution in [0.1, 0.15) is 33.3 Å². The first-order valence-electron chi connectivity index (χ1n) is 8.09. The lowest BCUT2D eigenvalue weighted by molar-refractivity contribution is -0.137. The molecule has 0 radical (unpaired) electrons. The first-order valence-corrected chi connectivity index (χ1v) is 9.93. The molecule has 0 aliphatic rings. The van der Waals surface area contributed by atoms with Gasteiger partial charge < -0.3 is 9.67 Å². The minimum Gasteiger partial charge on any atom is -0.507 e. The predicted molar refractivity (Wildman–Crippen MR) is 96.1 cm³/mol. The number of aromatic hydroxyl groups is 1. The Morgan fingerprint density at radius 3 is 1.96 bits per heavy atom. The Balaban J connectivity index is 2.69. The molecule has 2 nitrogen and oxygen atoms in total. The molecule has 25 heavy (non-hydrogen) atoms. The molecule has 0 atom stereocenters. The van der Waals surface area contributed by atoms with Crippen molar-refractivity contribution in [3.8, 4) is 16.9 Å². The van der Waals surface area contributed by atoms with Gasteiger partial charge in [-0.05, 0) is 17.7 Å². The van der Waals surface area contributed by atoms with Crippen LogP contribution < -0.4 is 5.30 Å². The van der Waals surface area contributed by atoms with E-state index in [0.29, 0.717) is 16.9 Å². The third kappa shape index (κ3) is 3.62. The third-order valence-corrected chi connectivity index (χ3v) is 8.64. The summed E-state index contributed by atoms with van der Waals surface area (Å²) in [4.78, 5) is 0. The quantitative estimate of drug-likeness (QED) is 0.682. The second-order valence-electron chi connectivity index (χ2n) is 6.64. The lowest BCUT2D eigenvalue weighted by Gasteiger charge is -2.28. The molecule has 0 saturated carbocycles. The van der Waals surface area contributed by atoms with E-state index < -0.39 is 24.6 Å². The molecule has 6 heteroatoms. The van der Waals surface area contributed by atoms with Gasteiger partial charge in [0, 0.05) is 22.2 Å². The topological polar surface area (TPSA) is 37.3 Å². The van der Waals surface area contributed by atoms with Crippen molar-refractivity contribution in [2.45, 2.75) is 45.2 Å². The normalized spacial score (nSPS) is 12.8. The molecule has 2 aromatic carbocycles. The average Bonchev–Trinajstić information content (AvgIpc) is 2.52. The Morgan fingerprint density at radius 2 is 1.48 bits per heavy atom. The van der Waals surface area contributed by atoms with Crippen molar-refractivity contribution in [2.24, 2.45) is 0 Å². The molecule has 0 aliphatic carbocycles. The van der Waals surface area contributed by atoms with Crippen LogP contribution in [0.15, 0.2) is 42.5 Å². The zero-order valence-electron chi connectivity index (χ0n) is 14.6. The summed E-state index contributed by atoms with van der Waals surface area (Å²) in [7, 11) is -2.82.